The van der Waals surface area contributed by atoms with E-state index in [4.69, 9.17) is 13.9 Å². The Kier molecular flexibility index (Phi) is 6.22. The second kappa shape index (κ2) is 8.17. The average molecular weight is 367 g/mol. The van der Waals surface area contributed by atoms with Crippen LogP contribution < -0.4 is 4.74 Å². The lowest BCUT2D eigenvalue weighted by atomic mass is 10.2. The molecule has 1 heterocycles. The fourth-order valence-corrected chi connectivity index (χ4v) is 2.72. The van der Waals surface area contributed by atoms with Gasteiger partial charge in [0.1, 0.15) is 18.1 Å². The molecule has 0 amide bonds. The van der Waals surface area contributed by atoms with Gasteiger partial charge < -0.3 is 13.9 Å². The maximum Gasteiger partial charge on any atom is 0.344 e. The van der Waals surface area contributed by atoms with Crippen LogP contribution in [-0.4, -0.2) is 39.4 Å². The molecule has 0 saturated carbocycles. The number of rotatable bonds is 8. The van der Waals surface area contributed by atoms with Crippen molar-refractivity contribution in [3.8, 4) is 5.75 Å². The zero-order chi connectivity index (χ0) is 18.4. The van der Waals surface area contributed by atoms with Gasteiger partial charge in [0.2, 0.25) is 5.09 Å². The predicted octanol–water partition coefficient (Wildman–Crippen LogP) is 2.21. The summed E-state index contributed by atoms with van der Waals surface area (Å²) in [6.07, 6.45) is 0.928. The first kappa shape index (κ1) is 19.0. The zero-order valence-electron chi connectivity index (χ0n) is 14.4. The summed E-state index contributed by atoms with van der Waals surface area (Å²) in [7, 11) is -0.836. The molecule has 0 N–H and O–H groups in total. The Hall–Kier alpha value is -2.32. The van der Waals surface area contributed by atoms with Gasteiger partial charge in [-0.1, -0.05) is 19.1 Å². The van der Waals surface area contributed by atoms with Gasteiger partial charge in [-0.25, -0.2) is 17.5 Å². The summed E-state index contributed by atoms with van der Waals surface area (Å²) in [6.45, 7) is 1.64. The fraction of sp³-hybridized carbons (Fsp3) is 0.353. The molecule has 0 aliphatic rings. The molecule has 0 spiro atoms. The smallest absolute Gasteiger partial charge is 0.344 e. The molecule has 8 heteroatoms. The van der Waals surface area contributed by atoms with Crippen molar-refractivity contribution in [3.05, 3.63) is 47.7 Å². The molecule has 0 fully saturated rings. The summed E-state index contributed by atoms with van der Waals surface area (Å²) >= 11 is 0. The first-order valence-electron chi connectivity index (χ1n) is 7.71. The van der Waals surface area contributed by atoms with E-state index in [1.807, 2.05) is 12.1 Å². The van der Waals surface area contributed by atoms with Crippen molar-refractivity contribution in [3.63, 3.8) is 0 Å². The molecule has 0 unspecified atom stereocenters. The zero-order valence-corrected chi connectivity index (χ0v) is 15.2. The van der Waals surface area contributed by atoms with Crippen LogP contribution in [0.25, 0.3) is 0 Å². The average Bonchev–Trinajstić information content (AvgIpc) is 3.08. The second-order valence-corrected chi connectivity index (χ2v) is 7.54. The highest BCUT2D eigenvalue weighted by molar-refractivity contribution is 7.88. The number of hydrogen-bond donors (Lipinski definition) is 0. The molecule has 2 aromatic rings. The Balaban J connectivity index is 1.83. The molecule has 0 atom stereocenters. The van der Waals surface area contributed by atoms with E-state index in [0.29, 0.717) is 5.75 Å². The number of ether oxygens (including phenoxy) is 2. The fourth-order valence-electron chi connectivity index (χ4n) is 1.91. The van der Waals surface area contributed by atoms with E-state index in [1.165, 1.54) is 31.8 Å². The maximum absolute atomic E-state index is 11.9. The van der Waals surface area contributed by atoms with Crippen LogP contribution in [0.3, 0.4) is 0 Å². The van der Waals surface area contributed by atoms with E-state index in [2.05, 4.69) is 6.92 Å². The minimum absolute atomic E-state index is 0.167. The molecular weight excluding hydrogens is 346 g/mol. The predicted molar refractivity (Wildman–Crippen MR) is 90.7 cm³/mol. The molecule has 0 aliphatic carbocycles. The van der Waals surface area contributed by atoms with Crippen molar-refractivity contribution in [2.45, 2.75) is 25.0 Å². The number of esters is 1. The lowest BCUT2D eigenvalue weighted by Gasteiger charge is -2.08. The highest BCUT2D eigenvalue weighted by atomic mass is 32.2. The Bertz CT molecular complexity index is 808. The number of aryl methyl sites for hydroxylation is 1. The van der Waals surface area contributed by atoms with Gasteiger partial charge in [-0.05, 0) is 36.2 Å². The molecule has 1 aromatic carbocycles. The van der Waals surface area contributed by atoms with Gasteiger partial charge in [-0.15, -0.1) is 0 Å². The number of furan rings is 1. The summed E-state index contributed by atoms with van der Waals surface area (Å²) in [6, 6.07) is 10.2. The maximum atomic E-state index is 11.9. The molecule has 2 rings (SSSR count). The van der Waals surface area contributed by atoms with E-state index in [1.54, 1.807) is 12.1 Å². The van der Waals surface area contributed by atoms with Gasteiger partial charge in [-0.2, -0.15) is 0 Å². The quantitative estimate of drug-likeness (QED) is 0.665. The van der Waals surface area contributed by atoms with E-state index in [0.717, 1.165) is 10.7 Å². The molecular formula is C17H21NO6S. The molecule has 1 aromatic heterocycles. The highest BCUT2D eigenvalue weighted by Crippen LogP contribution is 2.17. The van der Waals surface area contributed by atoms with Crippen LogP contribution in [0.15, 0.2) is 45.9 Å². The minimum atomic E-state index is -3.65. The summed E-state index contributed by atoms with van der Waals surface area (Å²) in [5.74, 6) is 0.237. The van der Waals surface area contributed by atoms with Gasteiger partial charge in [-0.3, -0.25) is 0 Å². The lowest BCUT2D eigenvalue weighted by molar-refractivity contribution is -0.147. The number of sulfonamides is 1. The van der Waals surface area contributed by atoms with Crippen molar-refractivity contribution in [2.24, 2.45) is 0 Å². The van der Waals surface area contributed by atoms with Gasteiger partial charge in [0.25, 0.3) is 10.0 Å². The first-order chi connectivity index (χ1) is 11.8. The summed E-state index contributed by atoms with van der Waals surface area (Å²) in [5, 5.41) is -0.198. The minimum Gasteiger partial charge on any atom is -0.482 e. The number of benzene rings is 1. The van der Waals surface area contributed by atoms with Crippen LogP contribution in [0, 0.1) is 0 Å². The summed E-state index contributed by atoms with van der Waals surface area (Å²) in [5.41, 5.74) is 1.18. The Morgan fingerprint density at radius 3 is 2.40 bits per heavy atom. The molecule has 7 nitrogen and oxygen atoms in total. The van der Waals surface area contributed by atoms with Crippen LogP contribution in [0.4, 0.5) is 0 Å². The second-order valence-electron chi connectivity index (χ2n) is 5.46. The normalized spacial score (nSPS) is 11.5. The van der Waals surface area contributed by atoms with Gasteiger partial charge >= 0.3 is 5.97 Å². The van der Waals surface area contributed by atoms with Crippen molar-refractivity contribution in [2.75, 3.05) is 20.7 Å². The molecule has 0 bridgehead atoms. The SMILES string of the molecule is CCc1ccc(OCC(=O)OCc2ccc(S(=O)(=O)N(C)C)o2)cc1. The third-order valence-corrected chi connectivity index (χ3v) is 5.12. The Morgan fingerprint density at radius 2 is 1.80 bits per heavy atom. The molecule has 136 valence electrons. The van der Waals surface area contributed by atoms with Gasteiger partial charge in [0.05, 0.1) is 0 Å². The molecule has 0 radical (unpaired) electrons. The first-order valence-corrected chi connectivity index (χ1v) is 9.15. The number of nitrogens with zero attached hydrogens (tertiary/aromatic N) is 1. The van der Waals surface area contributed by atoms with E-state index in [-0.39, 0.29) is 24.1 Å². The summed E-state index contributed by atoms with van der Waals surface area (Å²) in [4.78, 5) is 11.7. The highest BCUT2D eigenvalue weighted by Gasteiger charge is 2.21. The standard InChI is InChI=1S/C17H21NO6S/c1-4-13-5-7-14(8-6-13)22-12-16(19)23-11-15-9-10-17(24-15)25(20,21)18(2)3/h5-10H,4,11-12H2,1-3H3. The number of carbonyl (C=O) groups is 1. The molecule has 0 aliphatic heterocycles. The van der Waals surface area contributed by atoms with Gasteiger partial charge in [0, 0.05) is 14.1 Å². The van der Waals surface area contributed by atoms with Crippen molar-refractivity contribution < 1.29 is 27.1 Å². The topological polar surface area (TPSA) is 86.0 Å². The Labute approximate surface area is 147 Å². The van der Waals surface area contributed by atoms with E-state index < -0.39 is 16.0 Å². The number of carbonyl (C=O) groups excluding carboxylic acids is 1. The third-order valence-electron chi connectivity index (χ3n) is 3.44. The van der Waals surface area contributed by atoms with E-state index in [9.17, 15) is 13.2 Å². The van der Waals surface area contributed by atoms with Crippen LogP contribution in [-0.2, 0) is 32.6 Å². The van der Waals surface area contributed by atoms with Crippen molar-refractivity contribution in [1.29, 1.82) is 0 Å². The Morgan fingerprint density at radius 1 is 1.12 bits per heavy atom. The van der Waals surface area contributed by atoms with Crippen LogP contribution in [0.5, 0.6) is 5.75 Å². The monoisotopic (exact) mass is 367 g/mol. The lowest BCUT2D eigenvalue weighted by Crippen LogP contribution is -2.21. The van der Waals surface area contributed by atoms with Crippen LogP contribution in [0.1, 0.15) is 18.2 Å². The van der Waals surface area contributed by atoms with Crippen molar-refractivity contribution >= 4 is 16.0 Å². The van der Waals surface area contributed by atoms with Gasteiger partial charge in [0.15, 0.2) is 6.61 Å². The molecule has 0 saturated heterocycles. The van der Waals surface area contributed by atoms with Crippen LogP contribution >= 0.6 is 0 Å². The van der Waals surface area contributed by atoms with E-state index >= 15 is 0 Å². The van der Waals surface area contributed by atoms with Crippen LogP contribution in [0.2, 0.25) is 0 Å². The molecule has 25 heavy (non-hydrogen) atoms. The van der Waals surface area contributed by atoms with Crippen molar-refractivity contribution in [1.82, 2.24) is 4.31 Å². The number of hydrogen-bond acceptors (Lipinski definition) is 6. The third kappa shape index (κ3) is 5.07. The summed E-state index contributed by atoms with van der Waals surface area (Å²) < 4.78 is 40.4. The largest absolute Gasteiger partial charge is 0.482 e.